The van der Waals surface area contributed by atoms with E-state index >= 15 is 0 Å². The second kappa shape index (κ2) is 8.08. The van der Waals surface area contributed by atoms with Crippen molar-refractivity contribution >= 4 is 23.1 Å². The number of thiophene rings is 1. The third-order valence-corrected chi connectivity index (χ3v) is 6.89. The number of pyridine rings is 1. The molecule has 2 aromatic heterocycles. The zero-order chi connectivity index (χ0) is 20.5. The van der Waals surface area contributed by atoms with Gasteiger partial charge in [0.1, 0.15) is 5.75 Å². The third kappa shape index (κ3) is 3.91. The summed E-state index contributed by atoms with van der Waals surface area (Å²) < 4.78 is 5.70. The van der Waals surface area contributed by atoms with Crippen LogP contribution in [0.25, 0.3) is 0 Å². The summed E-state index contributed by atoms with van der Waals surface area (Å²) in [6.07, 6.45) is 2.69. The fraction of sp³-hybridized carbons (Fsp3) is 0.304. The molecule has 1 aromatic carbocycles. The fourth-order valence-corrected chi connectivity index (χ4v) is 5.19. The number of likely N-dealkylation sites (tertiary alicyclic amines) is 2. The highest BCUT2D eigenvalue weighted by molar-refractivity contribution is 7.10. The molecule has 2 unspecified atom stereocenters. The van der Waals surface area contributed by atoms with E-state index in [1.807, 2.05) is 52.6 Å². The van der Waals surface area contributed by atoms with E-state index in [4.69, 9.17) is 4.74 Å². The number of amides is 2. The molecule has 4 heterocycles. The molecule has 7 heteroatoms. The average molecular weight is 421 g/mol. The molecule has 2 bridgehead atoms. The summed E-state index contributed by atoms with van der Waals surface area (Å²) in [5, 5.41) is 5.14. The average Bonchev–Trinajstić information content (AvgIpc) is 3.47. The van der Waals surface area contributed by atoms with Crippen LogP contribution in [0.5, 0.6) is 11.6 Å². The van der Waals surface area contributed by atoms with Gasteiger partial charge in [0.2, 0.25) is 5.88 Å². The normalized spacial score (nSPS) is 20.5. The minimum Gasteiger partial charge on any atom is -0.439 e. The number of rotatable bonds is 5. The van der Waals surface area contributed by atoms with Crippen LogP contribution in [0.4, 0.5) is 10.5 Å². The summed E-state index contributed by atoms with van der Waals surface area (Å²) in [6.45, 7) is 4.89. The Morgan fingerprint density at radius 3 is 2.70 bits per heavy atom. The fourth-order valence-electron chi connectivity index (χ4n) is 4.26. The van der Waals surface area contributed by atoms with Crippen LogP contribution in [-0.2, 0) is 6.54 Å². The maximum absolute atomic E-state index is 12.8. The Labute approximate surface area is 180 Å². The van der Waals surface area contributed by atoms with Gasteiger partial charge in [-0.2, -0.15) is 0 Å². The molecule has 2 amide bonds. The Kier molecular flexibility index (Phi) is 5.14. The molecule has 2 aliphatic rings. The highest BCUT2D eigenvalue weighted by atomic mass is 32.1. The number of piperazine rings is 1. The number of benzene rings is 1. The first kappa shape index (κ1) is 19.1. The molecule has 0 spiro atoms. The molecule has 5 rings (SSSR count). The minimum absolute atomic E-state index is 0.0482. The van der Waals surface area contributed by atoms with Gasteiger partial charge in [0.15, 0.2) is 0 Å². The van der Waals surface area contributed by atoms with Crippen molar-refractivity contribution in [2.24, 2.45) is 0 Å². The lowest BCUT2D eigenvalue weighted by Crippen LogP contribution is -2.49. The maximum Gasteiger partial charge on any atom is 0.322 e. The predicted molar refractivity (Wildman–Crippen MR) is 118 cm³/mol. The number of ether oxygens (including phenoxy) is 1. The van der Waals surface area contributed by atoms with Crippen molar-refractivity contribution in [3.63, 3.8) is 0 Å². The maximum atomic E-state index is 12.8. The Morgan fingerprint density at radius 1 is 1.17 bits per heavy atom. The molecule has 2 atom stereocenters. The van der Waals surface area contributed by atoms with Crippen LogP contribution >= 0.6 is 11.3 Å². The summed E-state index contributed by atoms with van der Waals surface area (Å²) in [7, 11) is 0. The Morgan fingerprint density at radius 2 is 2.03 bits per heavy atom. The van der Waals surface area contributed by atoms with Gasteiger partial charge in [0.05, 0.1) is 11.9 Å². The van der Waals surface area contributed by atoms with Gasteiger partial charge in [-0.1, -0.05) is 18.2 Å². The number of urea groups is 1. The first-order chi connectivity index (χ1) is 14.7. The molecule has 2 aliphatic heterocycles. The number of carbonyl (C=O) groups is 1. The van der Waals surface area contributed by atoms with E-state index in [1.165, 1.54) is 10.4 Å². The number of aromatic nitrogens is 1. The second-order valence-corrected chi connectivity index (χ2v) is 8.88. The first-order valence-electron chi connectivity index (χ1n) is 10.2. The smallest absolute Gasteiger partial charge is 0.322 e. The van der Waals surface area contributed by atoms with E-state index in [0.717, 1.165) is 31.8 Å². The van der Waals surface area contributed by atoms with Crippen molar-refractivity contribution < 1.29 is 9.53 Å². The van der Waals surface area contributed by atoms with Crippen LogP contribution in [0.1, 0.15) is 16.9 Å². The minimum atomic E-state index is -0.0482. The summed E-state index contributed by atoms with van der Waals surface area (Å²) in [4.78, 5) is 23.0. The molecular formula is C23H24N4O2S. The number of nitrogens with zero attached hydrogens (tertiary/aromatic N) is 3. The summed E-state index contributed by atoms with van der Waals surface area (Å²) in [5.74, 6) is 1.23. The lowest BCUT2D eigenvalue weighted by molar-refractivity contribution is 0.140. The summed E-state index contributed by atoms with van der Waals surface area (Å²) >= 11 is 1.82. The topological polar surface area (TPSA) is 57.7 Å². The molecule has 2 fully saturated rings. The van der Waals surface area contributed by atoms with E-state index in [1.54, 1.807) is 12.3 Å². The SMILES string of the molecule is Cc1ccsc1CN1CC2CC1CN2C(=O)Nc1ccc(Oc2ccccc2)nc1. The lowest BCUT2D eigenvalue weighted by atomic mass is 10.2. The molecule has 30 heavy (non-hydrogen) atoms. The highest BCUT2D eigenvalue weighted by Crippen LogP contribution is 2.33. The van der Waals surface area contributed by atoms with Gasteiger partial charge >= 0.3 is 6.03 Å². The number of aryl methyl sites for hydroxylation is 1. The number of nitrogens with one attached hydrogen (secondary N) is 1. The van der Waals surface area contributed by atoms with Crippen LogP contribution < -0.4 is 10.1 Å². The largest absolute Gasteiger partial charge is 0.439 e. The van der Waals surface area contributed by atoms with Crippen LogP contribution in [0.15, 0.2) is 60.1 Å². The number of carbonyl (C=O) groups excluding carboxylic acids is 1. The van der Waals surface area contributed by atoms with Crippen molar-refractivity contribution in [2.45, 2.75) is 32.0 Å². The highest BCUT2D eigenvalue weighted by Gasteiger charge is 2.45. The molecule has 1 N–H and O–H groups in total. The number of para-hydroxylation sites is 1. The van der Waals surface area contributed by atoms with Gasteiger partial charge in [-0.3, -0.25) is 4.90 Å². The summed E-state index contributed by atoms with van der Waals surface area (Å²) in [6, 6.07) is 16.0. The van der Waals surface area contributed by atoms with E-state index < -0.39 is 0 Å². The molecule has 3 aromatic rings. The van der Waals surface area contributed by atoms with Gasteiger partial charge < -0.3 is 15.0 Å². The zero-order valence-electron chi connectivity index (χ0n) is 16.8. The van der Waals surface area contributed by atoms with Crippen LogP contribution in [-0.4, -0.2) is 46.0 Å². The quantitative estimate of drug-likeness (QED) is 0.648. The second-order valence-electron chi connectivity index (χ2n) is 7.88. The third-order valence-electron chi connectivity index (χ3n) is 5.88. The van der Waals surface area contributed by atoms with Crippen LogP contribution in [0, 0.1) is 6.92 Å². The summed E-state index contributed by atoms with van der Waals surface area (Å²) in [5.41, 5.74) is 2.04. The van der Waals surface area contributed by atoms with Crippen molar-refractivity contribution in [1.82, 2.24) is 14.8 Å². The number of anilines is 1. The Bertz CT molecular complexity index is 1020. The molecule has 0 aliphatic carbocycles. The number of hydrogen-bond donors (Lipinski definition) is 1. The van der Waals surface area contributed by atoms with Gasteiger partial charge in [0.25, 0.3) is 0 Å². The lowest BCUT2D eigenvalue weighted by Gasteiger charge is -2.34. The van der Waals surface area contributed by atoms with Crippen LogP contribution in [0.3, 0.4) is 0 Å². The van der Waals surface area contributed by atoms with Crippen LogP contribution in [0.2, 0.25) is 0 Å². The molecule has 2 saturated heterocycles. The van der Waals surface area contributed by atoms with Crippen molar-refractivity contribution in [2.75, 3.05) is 18.4 Å². The van der Waals surface area contributed by atoms with Gasteiger partial charge in [0, 0.05) is 42.7 Å². The number of fused-ring (bicyclic) bond motifs is 2. The van der Waals surface area contributed by atoms with Gasteiger partial charge in [-0.25, -0.2) is 9.78 Å². The molecule has 0 radical (unpaired) electrons. The van der Waals surface area contributed by atoms with E-state index in [2.05, 4.69) is 33.6 Å². The van der Waals surface area contributed by atoms with Gasteiger partial charge in [-0.15, -0.1) is 11.3 Å². The van der Waals surface area contributed by atoms with Crippen molar-refractivity contribution in [3.05, 3.63) is 70.5 Å². The first-order valence-corrected chi connectivity index (χ1v) is 11.1. The standard InChI is InChI=1S/C23H24N4O2S/c1-16-9-10-30-21(16)15-26-13-19-11-18(26)14-27(19)23(28)25-17-7-8-22(24-12-17)29-20-5-3-2-4-6-20/h2-10,12,18-19H,11,13-15H2,1H3,(H,25,28). The van der Waals surface area contributed by atoms with Crippen molar-refractivity contribution in [3.8, 4) is 11.6 Å². The monoisotopic (exact) mass is 420 g/mol. The van der Waals surface area contributed by atoms with Crippen molar-refractivity contribution in [1.29, 1.82) is 0 Å². The molecular weight excluding hydrogens is 396 g/mol. The number of hydrogen-bond acceptors (Lipinski definition) is 5. The molecule has 154 valence electrons. The predicted octanol–water partition coefficient (Wildman–Crippen LogP) is 4.73. The Balaban J connectivity index is 1.16. The zero-order valence-corrected chi connectivity index (χ0v) is 17.6. The Hall–Kier alpha value is -2.90. The van der Waals surface area contributed by atoms with E-state index in [9.17, 15) is 4.79 Å². The van der Waals surface area contributed by atoms with E-state index in [-0.39, 0.29) is 12.1 Å². The van der Waals surface area contributed by atoms with E-state index in [0.29, 0.717) is 17.6 Å². The molecule has 6 nitrogen and oxygen atoms in total. The van der Waals surface area contributed by atoms with Gasteiger partial charge in [-0.05, 0) is 48.6 Å². The molecule has 0 saturated carbocycles.